The largest absolute Gasteiger partial charge is 0.437 e. The lowest BCUT2D eigenvalue weighted by Gasteiger charge is -2.11. The molecule has 1 amide bonds. The normalized spacial score (nSPS) is 14.1. The highest BCUT2D eigenvalue weighted by Gasteiger charge is 2.24. The van der Waals surface area contributed by atoms with E-state index in [1.165, 1.54) is 18.5 Å². The zero-order valence-electron chi connectivity index (χ0n) is 20.0. The number of nitrogens with one attached hydrogen (secondary N) is 2. The summed E-state index contributed by atoms with van der Waals surface area (Å²) in [5.41, 5.74) is 3.65. The number of furan rings is 1. The third kappa shape index (κ3) is 4.90. The molecule has 0 spiro atoms. The molecule has 2 heterocycles. The van der Waals surface area contributed by atoms with Crippen molar-refractivity contribution < 1.29 is 13.6 Å². The van der Waals surface area contributed by atoms with Gasteiger partial charge in [0.25, 0.3) is 0 Å². The maximum Gasteiger partial charge on any atom is 0.232 e. The van der Waals surface area contributed by atoms with E-state index in [9.17, 15) is 9.18 Å². The predicted octanol–water partition coefficient (Wildman–Crippen LogP) is 6.89. The molecule has 0 unspecified atom stereocenters. The van der Waals surface area contributed by atoms with Gasteiger partial charge in [0.05, 0.1) is 5.39 Å². The smallest absolute Gasteiger partial charge is 0.232 e. The fourth-order valence-electron chi connectivity index (χ4n) is 4.60. The zero-order chi connectivity index (χ0) is 24.4. The number of carbonyl (C=O) groups excluding carboxylic acids is 1. The van der Waals surface area contributed by atoms with Gasteiger partial charge in [0, 0.05) is 29.3 Å². The van der Waals surface area contributed by atoms with Crippen molar-refractivity contribution in [1.82, 2.24) is 9.97 Å². The minimum absolute atomic E-state index is 0.0853. The van der Waals surface area contributed by atoms with Crippen molar-refractivity contribution in [2.75, 3.05) is 17.2 Å². The van der Waals surface area contributed by atoms with Gasteiger partial charge in [-0.05, 0) is 60.7 Å². The van der Waals surface area contributed by atoms with Gasteiger partial charge < -0.3 is 15.1 Å². The molecule has 5 rings (SSSR count). The first kappa shape index (κ1) is 23.0. The van der Waals surface area contributed by atoms with E-state index in [1.54, 1.807) is 12.1 Å². The van der Waals surface area contributed by atoms with Crippen molar-refractivity contribution in [2.24, 2.45) is 11.8 Å². The highest BCUT2D eigenvalue weighted by Crippen LogP contribution is 2.43. The van der Waals surface area contributed by atoms with Gasteiger partial charge in [-0.25, -0.2) is 14.4 Å². The zero-order valence-corrected chi connectivity index (χ0v) is 20.0. The number of aromatic nitrogens is 2. The lowest BCUT2D eigenvalue weighted by atomic mass is 9.99. The molecule has 180 valence electrons. The fraction of sp³-hybridized carbons (Fsp3) is 0.321. The Labute approximate surface area is 204 Å². The number of carbonyl (C=O) groups is 1. The Kier molecular flexibility index (Phi) is 6.49. The molecule has 0 aliphatic heterocycles. The monoisotopic (exact) mass is 472 g/mol. The van der Waals surface area contributed by atoms with Crippen LogP contribution in [0.5, 0.6) is 0 Å². The summed E-state index contributed by atoms with van der Waals surface area (Å²) in [4.78, 5) is 21.4. The van der Waals surface area contributed by atoms with Crippen LogP contribution in [0.25, 0.3) is 33.6 Å². The van der Waals surface area contributed by atoms with E-state index in [0.717, 1.165) is 60.0 Å². The Morgan fingerprint density at radius 3 is 2.40 bits per heavy atom. The molecule has 1 saturated carbocycles. The van der Waals surface area contributed by atoms with E-state index in [4.69, 9.17) is 4.42 Å². The Bertz CT molecular complexity index is 1320. The number of benzene rings is 2. The first-order valence-corrected chi connectivity index (χ1v) is 12.2. The van der Waals surface area contributed by atoms with Gasteiger partial charge in [0.1, 0.15) is 23.7 Å². The number of rotatable bonds is 7. The van der Waals surface area contributed by atoms with Crippen molar-refractivity contribution in [3.63, 3.8) is 0 Å². The summed E-state index contributed by atoms with van der Waals surface area (Å²) < 4.78 is 20.0. The molecule has 4 aromatic rings. The van der Waals surface area contributed by atoms with E-state index < -0.39 is 0 Å². The Morgan fingerprint density at radius 2 is 1.71 bits per heavy atom. The molecule has 0 atom stereocenters. The highest BCUT2D eigenvalue weighted by atomic mass is 19.1. The second kappa shape index (κ2) is 9.86. The van der Waals surface area contributed by atoms with Crippen molar-refractivity contribution in [2.45, 2.75) is 39.5 Å². The maximum absolute atomic E-state index is 13.7. The number of halogens is 1. The van der Waals surface area contributed by atoms with Crippen LogP contribution in [0.4, 0.5) is 15.9 Å². The van der Waals surface area contributed by atoms with Gasteiger partial charge >= 0.3 is 0 Å². The van der Waals surface area contributed by atoms with E-state index in [-0.39, 0.29) is 17.6 Å². The molecule has 2 aromatic heterocycles. The van der Waals surface area contributed by atoms with Crippen LogP contribution < -0.4 is 10.6 Å². The Balaban J connectivity index is 1.55. The minimum atomic E-state index is -0.306. The summed E-state index contributed by atoms with van der Waals surface area (Å²) in [7, 11) is 0. The quantitative estimate of drug-likeness (QED) is 0.306. The van der Waals surface area contributed by atoms with Gasteiger partial charge in [-0.15, -0.1) is 0 Å². The number of hydrogen-bond donors (Lipinski definition) is 2. The molecule has 35 heavy (non-hydrogen) atoms. The molecule has 1 fully saturated rings. The highest BCUT2D eigenvalue weighted by molar-refractivity contribution is 6.06. The molecule has 7 heteroatoms. The summed E-state index contributed by atoms with van der Waals surface area (Å²) >= 11 is 0. The van der Waals surface area contributed by atoms with Crippen molar-refractivity contribution in [1.29, 1.82) is 0 Å². The molecule has 1 aliphatic carbocycles. The van der Waals surface area contributed by atoms with E-state index in [0.29, 0.717) is 23.2 Å². The van der Waals surface area contributed by atoms with Gasteiger partial charge in [-0.1, -0.05) is 38.8 Å². The summed E-state index contributed by atoms with van der Waals surface area (Å²) in [6.45, 7) is 4.99. The van der Waals surface area contributed by atoms with Crippen LogP contribution in [0.15, 0.2) is 59.3 Å². The Hall–Kier alpha value is -3.74. The number of nitrogens with zero attached hydrogens (tertiary/aromatic N) is 2. The van der Waals surface area contributed by atoms with Gasteiger partial charge in [-0.3, -0.25) is 4.79 Å². The van der Waals surface area contributed by atoms with Crippen LogP contribution in [0.3, 0.4) is 0 Å². The first-order chi connectivity index (χ1) is 17.0. The van der Waals surface area contributed by atoms with Gasteiger partial charge in [-0.2, -0.15) is 0 Å². The van der Waals surface area contributed by atoms with Crippen molar-refractivity contribution in [3.05, 3.63) is 60.7 Å². The van der Waals surface area contributed by atoms with Crippen molar-refractivity contribution in [3.8, 4) is 22.5 Å². The lowest BCUT2D eigenvalue weighted by molar-refractivity contribution is -0.119. The summed E-state index contributed by atoms with van der Waals surface area (Å²) in [6.07, 6.45) is 5.63. The fourth-order valence-corrected chi connectivity index (χ4v) is 4.60. The summed E-state index contributed by atoms with van der Waals surface area (Å²) in [5.74, 6) is 1.60. The van der Waals surface area contributed by atoms with Gasteiger partial charge in [0.2, 0.25) is 11.6 Å². The van der Waals surface area contributed by atoms with Crippen molar-refractivity contribution >= 4 is 28.5 Å². The average Bonchev–Trinajstić information content (AvgIpc) is 3.53. The molecular weight excluding hydrogens is 443 g/mol. The summed E-state index contributed by atoms with van der Waals surface area (Å²) in [6, 6.07) is 13.9. The number of hydrogen-bond acceptors (Lipinski definition) is 5. The van der Waals surface area contributed by atoms with Crippen LogP contribution in [-0.2, 0) is 4.79 Å². The SMILES string of the molecule is CC(C)CNc1ncnc2oc(-c3ccc(NC(=O)C4CCCC4)cc3)c(-c3ccc(F)cc3)c12. The molecule has 0 bridgehead atoms. The first-order valence-electron chi connectivity index (χ1n) is 12.2. The molecule has 2 aromatic carbocycles. The number of fused-ring (bicyclic) bond motifs is 1. The topological polar surface area (TPSA) is 80.1 Å². The second-order valence-corrected chi connectivity index (χ2v) is 9.54. The number of amides is 1. The third-order valence-electron chi connectivity index (χ3n) is 6.44. The van der Waals surface area contributed by atoms with E-state index in [2.05, 4.69) is 34.4 Å². The van der Waals surface area contributed by atoms with Crippen LogP contribution in [0.1, 0.15) is 39.5 Å². The lowest BCUT2D eigenvalue weighted by Crippen LogP contribution is -2.20. The molecule has 1 aliphatic rings. The van der Waals surface area contributed by atoms with Crippen LogP contribution >= 0.6 is 0 Å². The number of anilines is 2. The Morgan fingerprint density at radius 1 is 1.03 bits per heavy atom. The van der Waals surface area contributed by atoms with Crippen LogP contribution in [0, 0.1) is 17.7 Å². The van der Waals surface area contributed by atoms with E-state index in [1.807, 2.05) is 24.3 Å². The van der Waals surface area contributed by atoms with E-state index >= 15 is 0 Å². The van der Waals surface area contributed by atoms with Gasteiger partial charge in [0.15, 0.2) is 0 Å². The molecule has 0 radical (unpaired) electrons. The summed E-state index contributed by atoms with van der Waals surface area (Å²) in [5, 5.41) is 7.19. The second-order valence-electron chi connectivity index (χ2n) is 9.54. The van der Waals surface area contributed by atoms with Crippen LogP contribution in [-0.4, -0.2) is 22.4 Å². The standard InChI is InChI=1S/C28H29FN4O2/c1-17(2)15-30-26-24-23(18-7-11-21(29)12-8-18)25(35-28(24)32-16-31-26)19-9-13-22(14-10-19)33-27(34)20-5-3-4-6-20/h7-14,16-17,20H,3-6,15H2,1-2H3,(H,33,34)(H,30,31,32). The molecule has 6 nitrogen and oxygen atoms in total. The molecular formula is C28H29FN4O2. The molecule has 0 saturated heterocycles. The average molecular weight is 473 g/mol. The predicted molar refractivity (Wildman–Crippen MR) is 137 cm³/mol. The van der Waals surface area contributed by atoms with Crippen LogP contribution in [0.2, 0.25) is 0 Å². The maximum atomic E-state index is 13.7. The molecule has 2 N–H and O–H groups in total. The minimum Gasteiger partial charge on any atom is -0.437 e. The third-order valence-corrected chi connectivity index (χ3v) is 6.44.